The molecule has 1 unspecified atom stereocenters. The summed E-state index contributed by atoms with van der Waals surface area (Å²) < 4.78 is 0. The van der Waals surface area contributed by atoms with E-state index in [1.54, 1.807) is 6.92 Å². The van der Waals surface area contributed by atoms with Crippen LogP contribution >= 0.6 is 0 Å². The maximum Gasteiger partial charge on any atom is 0.320 e. The van der Waals surface area contributed by atoms with Gasteiger partial charge in [-0.3, -0.25) is 4.79 Å². The minimum Gasteiger partial charge on any atom is -0.480 e. The summed E-state index contributed by atoms with van der Waals surface area (Å²) in [6.07, 6.45) is 33.8. The number of unbranched alkanes of at least 4 members (excludes halogenated alkanes) is 23. The van der Waals surface area contributed by atoms with Crippen LogP contribution in [-0.2, 0) is 4.79 Å². The van der Waals surface area contributed by atoms with Crippen LogP contribution in [0.5, 0.6) is 0 Å². The molecule has 0 heterocycles. The van der Waals surface area contributed by atoms with Gasteiger partial charge in [0.25, 0.3) is 0 Å². The fraction of sp³-hybridized carbons (Fsp3) is 0.966. The quantitative estimate of drug-likeness (QED) is 0.122. The van der Waals surface area contributed by atoms with Gasteiger partial charge in [0.05, 0.1) is 0 Å². The van der Waals surface area contributed by atoms with Gasteiger partial charge in [-0.2, -0.15) is 0 Å². The van der Waals surface area contributed by atoms with E-state index in [0.29, 0.717) is 0 Å². The van der Waals surface area contributed by atoms with E-state index in [0.717, 1.165) is 13.0 Å². The molecule has 2 N–H and O–H groups in total. The van der Waals surface area contributed by atoms with Crippen LogP contribution in [-0.4, -0.2) is 23.7 Å². The zero-order valence-corrected chi connectivity index (χ0v) is 22.1. The van der Waals surface area contributed by atoms with Crippen LogP contribution in [0.1, 0.15) is 168 Å². The molecule has 0 saturated heterocycles. The van der Waals surface area contributed by atoms with Crippen LogP contribution in [0.2, 0.25) is 0 Å². The number of hydrogen-bond donors (Lipinski definition) is 2. The number of carboxylic acids is 1. The predicted molar refractivity (Wildman–Crippen MR) is 142 cm³/mol. The predicted octanol–water partition coefficient (Wildman–Crippen LogP) is 9.43. The average molecular weight is 454 g/mol. The lowest BCUT2D eigenvalue weighted by Crippen LogP contribution is -2.34. The van der Waals surface area contributed by atoms with Crippen molar-refractivity contribution in [3.8, 4) is 0 Å². The van der Waals surface area contributed by atoms with E-state index >= 15 is 0 Å². The molecule has 0 aliphatic heterocycles. The minimum absolute atomic E-state index is 0.417. The van der Waals surface area contributed by atoms with Crippen LogP contribution in [0.3, 0.4) is 0 Å². The summed E-state index contributed by atoms with van der Waals surface area (Å²) in [4.78, 5) is 10.7. The van der Waals surface area contributed by atoms with Crippen molar-refractivity contribution in [1.29, 1.82) is 0 Å². The summed E-state index contributed by atoms with van der Waals surface area (Å²) in [5.41, 5.74) is 0. The summed E-state index contributed by atoms with van der Waals surface area (Å²) in [6.45, 7) is 4.83. The Morgan fingerprint density at radius 1 is 0.531 bits per heavy atom. The highest BCUT2D eigenvalue weighted by molar-refractivity contribution is 5.72. The Labute approximate surface area is 201 Å². The molecule has 3 heteroatoms. The van der Waals surface area contributed by atoms with Crippen molar-refractivity contribution in [2.24, 2.45) is 0 Å². The van der Waals surface area contributed by atoms with Gasteiger partial charge in [0.15, 0.2) is 0 Å². The van der Waals surface area contributed by atoms with Crippen molar-refractivity contribution >= 4 is 5.97 Å². The highest BCUT2D eigenvalue weighted by Crippen LogP contribution is 2.15. The van der Waals surface area contributed by atoms with Crippen LogP contribution in [0.15, 0.2) is 0 Å². The molecule has 0 bridgehead atoms. The molecule has 0 spiro atoms. The van der Waals surface area contributed by atoms with E-state index in [4.69, 9.17) is 5.11 Å². The van der Waals surface area contributed by atoms with Crippen molar-refractivity contribution in [3.63, 3.8) is 0 Å². The third-order valence-electron chi connectivity index (χ3n) is 6.85. The Morgan fingerprint density at radius 2 is 0.781 bits per heavy atom. The van der Waals surface area contributed by atoms with E-state index < -0.39 is 12.0 Å². The highest BCUT2D eigenvalue weighted by Gasteiger charge is 2.07. The first-order valence-corrected chi connectivity index (χ1v) is 14.6. The first-order valence-electron chi connectivity index (χ1n) is 14.6. The number of aliphatic carboxylic acids is 1. The van der Waals surface area contributed by atoms with Gasteiger partial charge in [0.2, 0.25) is 0 Å². The van der Waals surface area contributed by atoms with E-state index in [1.165, 1.54) is 148 Å². The van der Waals surface area contributed by atoms with Gasteiger partial charge in [-0.1, -0.05) is 155 Å². The van der Waals surface area contributed by atoms with Crippen molar-refractivity contribution in [2.45, 2.75) is 174 Å². The molecule has 1 atom stereocenters. The lowest BCUT2D eigenvalue weighted by Gasteiger charge is -2.08. The maximum atomic E-state index is 10.7. The fourth-order valence-corrected chi connectivity index (χ4v) is 4.49. The number of hydrogen-bond acceptors (Lipinski definition) is 2. The molecule has 0 rings (SSSR count). The molecule has 0 aromatic heterocycles. The van der Waals surface area contributed by atoms with Gasteiger partial charge in [0, 0.05) is 0 Å². The molecule has 0 fully saturated rings. The summed E-state index contributed by atoms with van der Waals surface area (Å²) in [5.74, 6) is -0.755. The molecule has 0 amide bonds. The first-order chi connectivity index (χ1) is 15.7. The third kappa shape index (κ3) is 25.7. The summed E-state index contributed by atoms with van der Waals surface area (Å²) in [6, 6.07) is -0.417. The maximum absolute atomic E-state index is 10.7. The fourth-order valence-electron chi connectivity index (χ4n) is 4.49. The Bertz CT molecular complexity index is 372. The molecule has 0 saturated carbocycles. The lowest BCUT2D eigenvalue weighted by molar-refractivity contribution is -0.138. The lowest BCUT2D eigenvalue weighted by atomic mass is 10.0. The van der Waals surface area contributed by atoms with Crippen molar-refractivity contribution < 1.29 is 9.90 Å². The van der Waals surface area contributed by atoms with E-state index in [-0.39, 0.29) is 0 Å². The van der Waals surface area contributed by atoms with Gasteiger partial charge in [-0.05, 0) is 19.9 Å². The highest BCUT2D eigenvalue weighted by atomic mass is 16.4. The van der Waals surface area contributed by atoms with Crippen molar-refractivity contribution in [2.75, 3.05) is 6.54 Å². The molecule has 0 radical (unpaired) electrons. The standard InChI is InChI=1S/C29H59NO2/c1-3-4-5-6-7-8-9-10-11-12-13-14-15-16-17-18-19-20-21-22-23-24-25-26-27-30-28(2)29(31)32/h28,30H,3-27H2,1-2H3,(H,31,32). The summed E-state index contributed by atoms with van der Waals surface area (Å²) in [5, 5.41) is 11.9. The largest absolute Gasteiger partial charge is 0.480 e. The topological polar surface area (TPSA) is 49.3 Å². The van der Waals surface area contributed by atoms with Crippen LogP contribution in [0.25, 0.3) is 0 Å². The molecule has 0 aromatic rings. The number of nitrogens with one attached hydrogen (secondary N) is 1. The van der Waals surface area contributed by atoms with E-state index in [1.807, 2.05) is 0 Å². The molecular weight excluding hydrogens is 394 g/mol. The van der Waals surface area contributed by atoms with Crippen LogP contribution in [0.4, 0.5) is 0 Å². The number of rotatable bonds is 27. The van der Waals surface area contributed by atoms with Crippen molar-refractivity contribution in [1.82, 2.24) is 5.32 Å². The second kappa shape index (κ2) is 26.7. The second-order valence-corrected chi connectivity index (χ2v) is 10.1. The molecule has 0 aliphatic rings. The van der Waals surface area contributed by atoms with Gasteiger partial charge in [-0.15, -0.1) is 0 Å². The van der Waals surface area contributed by atoms with Gasteiger partial charge >= 0.3 is 5.97 Å². The van der Waals surface area contributed by atoms with Gasteiger partial charge in [-0.25, -0.2) is 0 Å². The molecule has 192 valence electrons. The number of carbonyl (C=O) groups is 1. The zero-order valence-electron chi connectivity index (χ0n) is 22.1. The minimum atomic E-state index is -0.755. The zero-order chi connectivity index (χ0) is 23.5. The van der Waals surface area contributed by atoms with Crippen LogP contribution in [0, 0.1) is 0 Å². The van der Waals surface area contributed by atoms with Gasteiger partial charge in [0.1, 0.15) is 6.04 Å². The smallest absolute Gasteiger partial charge is 0.320 e. The van der Waals surface area contributed by atoms with E-state index in [2.05, 4.69) is 12.2 Å². The average Bonchev–Trinajstić information content (AvgIpc) is 2.78. The first kappa shape index (κ1) is 31.4. The molecule has 32 heavy (non-hydrogen) atoms. The number of carboxylic acid groups (broad SMARTS) is 1. The Balaban J connectivity index is 3.04. The molecule has 0 aromatic carbocycles. The molecule has 0 aliphatic carbocycles. The summed E-state index contributed by atoms with van der Waals surface area (Å²) >= 11 is 0. The van der Waals surface area contributed by atoms with Crippen molar-refractivity contribution in [3.05, 3.63) is 0 Å². The Hall–Kier alpha value is -0.570. The monoisotopic (exact) mass is 453 g/mol. The summed E-state index contributed by atoms with van der Waals surface area (Å²) in [7, 11) is 0. The van der Waals surface area contributed by atoms with Gasteiger partial charge < -0.3 is 10.4 Å². The Kier molecular flexibility index (Phi) is 26.2. The normalized spacial score (nSPS) is 12.3. The molecular formula is C29H59NO2. The van der Waals surface area contributed by atoms with E-state index in [9.17, 15) is 4.79 Å². The second-order valence-electron chi connectivity index (χ2n) is 10.1. The Morgan fingerprint density at radius 3 is 1.03 bits per heavy atom. The molecule has 3 nitrogen and oxygen atoms in total. The third-order valence-corrected chi connectivity index (χ3v) is 6.85. The van der Waals surface area contributed by atoms with Crippen LogP contribution < -0.4 is 5.32 Å². The SMILES string of the molecule is CCCCCCCCCCCCCCCCCCCCCCCCCCNC(C)C(=O)O.